The Morgan fingerprint density at radius 1 is 0.325 bits per heavy atom. The van der Waals surface area contributed by atoms with Crippen molar-refractivity contribution in [3.05, 3.63) is 293 Å². The maximum atomic E-state index is 2.56. The molecule has 2 aliphatic carbocycles. The van der Waals surface area contributed by atoms with E-state index in [-0.39, 0.29) is 16.2 Å². The SMILES string of the molecule is CC(C)(C)c1cc(-c2cccc3cccc(-c4ccccc4N(c4ccc(-c5ccc6c(c5)C(C)(C)c5ccccc5-6)cc4)c4cccc5c4-c4ccccc4C5(c4ccccc4)c4ccccc4)c23)cc(C(C)(C)C)c1. The van der Waals surface area contributed by atoms with Crippen LogP contribution in [0.25, 0.3) is 66.4 Å². The zero-order valence-electron chi connectivity index (χ0n) is 45.6. The van der Waals surface area contributed by atoms with Gasteiger partial charge in [-0.3, -0.25) is 0 Å². The summed E-state index contributed by atoms with van der Waals surface area (Å²) in [5.41, 5.74) is 25.6. The summed E-state index contributed by atoms with van der Waals surface area (Å²) < 4.78 is 0. The molecule has 0 fully saturated rings. The highest BCUT2D eigenvalue weighted by Gasteiger charge is 2.47. The van der Waals surface area contributed by atoms with E-state index in [0.29, 0.717) is 0 Å². The Hall–Kier alpha value is -8.52. The Morgan fingerprint density at radius 3 is 1.47 bits per heavy atom. The molecule has 11 aromatic carbocycles. The van der Waals surface area contributed by atoms with Gasteiger partial charge in [-0.05, 0) is 141 Å². The van der Waals surface area contributed by atoms with Crippen molar-refractivity contribution < 1.29 is 0 Å². The summed E-state index contributed by atoms with van der Waals surface area (Å²) in [6, 6.07) is 94.0. The average Bonchev–Trinajstić information content (AvgIpc) is 4.14. The fraction of sp³-hybridized carbons (Fsp3) is 0.158. The highest BCUT2D eigenvalue weighted by Crippen LogP contribution is 2.60. The maximum absolute atomic E-state index is 2.56. The van der Waals surface area contributed by atoms with E-state index in [1.54, 1.807) is 0 Å². The zero-order chi connectivity index (χ0) is 52.8. The van der Waals surface area contributed by atoms with Gasteiger partial charge in [0.1, 0.15) is 0 Å². The minimum atomic E-state index is -0.557. The van der Waals surface area contributed by atoms with E-state index in [0.717, 1.165) is 17.1 Å². The molecule has 0 unspecified atom stereocenters. The average molecular weight is 992 g/mol. The number of para-hydroxylation sites is 1. The minimum Gasteiger partial charge on any atom is -0.309 e. The molecule has 0 saturated carbocycles. The van der Waals surface area contributed by atoms with Crippen molar-refractivity contribution in [2.45, 2.75) is 77.0 Å². The lowest BCUT2D eigenvalue weighted by molar-refractivity contribution is 0.569. The molecule has 0 bridgehead atoms. The van der Waals surface area contributed by atoms with E-state index in [2.05, 4.69) is 309 Å². The van der Waals surface area contributed by atoms with E-state index < -0.39 is 5.41 Å². The standard InChI is InChI=1S/C76H65N/c1-73(2,3)56-46-53(47-57(49-56)74(4,5)6)59-33-21-24-51-25-22-34-63(71(51)59)62-31-17-20-38-69(62)77(58-43-40-50(41-44-58)52-42-45-61-60-30-15-18-35-65(60)75(7,8)68(61)48-52)70-39-23-37-67-72(70)64-32-16-19-36-66(64)76(67,54-26-11-9-12-27-54)55-28-13-10-14-29-55/h9-49H,1-8H3. The lowest BCUT2D eigenvalue weighted by Crippen LogP contribution is -2.28. The molecule has 0 aliphatic heterocycles. The normalized spacial score (nSPS) is 13.9. The molecule has 1 heteroatoms. The molecule has 0 spiro atoms. The van der Waals surface area contributed by atoms with Gasteiger partial charge in [0, 0.05) is 22.2 Å². The smallest absolute Gasteiger partial charge is 0.0714 e. The number of hydrogen-bond acceptors (Lipinski definition) is 1. The van der Waals surface area contributed by atoms with Gasteiger partial charge in [-0.25, -0.2) is 0 Å². The number of hydrogen-bond donors (Lipinski definition) is 0. The summed E-state index contributed by atoms with van der Waals surface area (Å²) in [6.45, 7) is 18.7. The van der Waals surface area contributed by atoms with Crippen molar-refractivity contribution in [2.75, 3.05) is 4.90 Å². The highest BCUT2D eigenvalue weighted by molar-refractivity contribution is 6.10. The minimum absolute atomic E-state index is 0.0256. The first kappa shape index (κ1) is 48.1. The van der Waals surface area contributed by atoms with Crippen LogP contribution in [-0.2, 0) is 21.7 Å². The van der Waals surface area contributed by atoms with Crippen LogP contribution in [-0.4, -0.2) is 0 Å². The Balaban J connectivity index is 1.06. The summed E-state index contributed by atoms with van der Waals surface area (Å²) in [5, 5.41) is 2.47. The molecule has 1 nitrogen and oxygen atoms in total. The fourth-order valence-corrected chi connectivity index (χ4v) is 13.1. The number of fused-ring (bicyclic) bond motifs is 7. The van der Waals surface area contributed by atoms with E-state index in [1.165, 1.54) is 111 Å². The molecule has 0 saturated heterocycles. The number of anilines is 3. The first-order valence-electron chi connectivity index (χ1n) is 27.5. The van der Waals surface area contributed by atoms with Crippen LogP contribution in [0.3, 0.4) is 0 Å². The fourth-order valence-electron chi connectivity index (χ4n) is 13.1. The van der Waals surface area contributed by atoms with Crippen molar-refractivity contribution in [1.29, 1.82) is 0 Å². The van der Waals surface area contributed by atoms with Crippen LogP contribution in [0.5, 0.6) is 0 Å². The summed E-state index contributed by atoms with van der Waals surface area (Å²) in [5.74, 6) is 0. The molecule has 374 valence electrons. The molecule has 0 radical (unpaired) electrons. The van der Waals surface area contributed by atoms with Gasteiger partial charge in [-0.2, -0.15) is 0 Å². The van der Waals surface area contributed by atoms with Gasteiger partial charge in [0.05, 0.1) is 16.8 Å². The van der Waals surface area contributed by atoms with Crippen LogP contribution in [0.15, 0.2) is 249 Å². The lowest BCUT2D eigenvalue weighted by Gasteiger charge is -2.34. The van der Waals surface area contributed by atoms with Gasteiger partial charge >= 0.3 is 0 Å². The van der Waals surface area contributed by atoms with Crippen LogP contribution >= 0.6 is 0 Å². The molecule has 0 N–H and O–H groups in total. The lowest BCUT2D eigenvalue weighted by atomic mass is 9.68. The van der Waals surface area contributed by atoms with Crippen molar-refractivity contribution >= 4 is 27.8 Å². The number of rotatable bonds is 8. The first-order chi connectivity index (χ1) is 37.2. The van der Waals surface area contributed by atoms with Crippen molar-refractivity contribution in [2.24, 2.45) is 0 Å². The van der Waals surface area contributed by atoms with Crippen LogP contribution in [0.4, 0.5) is 17.1 Å². The molecular weight excluding hydrogens is 927 g/mol. The first-order valence-corrected chi connectivity index (χ1v) is 27.5. The molecule has 13 rings (SSSR count). The van der Waals surface area contributed by atoms with Crippen LogP contribution < -0.4 is 4.90 Å². The second-order valence-corrected chi connectivity index (χ2v) is 24.1. The van der Waals surface area contributed by atoms with Crippen molar-refractivity contribution in [3.63, 3.8) is 0 Å². The third kappa shape index (κ3) is 7.73. The third-order valence-corrected chi connectivity index (χ3v) is 17.1. The van der Waals surface area contributed by atoms with Gasteiger partial charge in [0.25, 0.3) is 0 Å². The van der Waals surface area contributed by atoms with E-state index in [1.807, 2.05) is 0 Å². The summed E-state index contributed by atoms with van der Waals surface area (Å²) in [4.78, 5) is 2.56. The highest BCUT2D eigenvalue weighted by atomic mass is 15.1. The zero-order valence-corrected chi connectivity index (χ0v) is 45.6. The topological polar surface area (TPSA) is 3.24 Å². The van der Waals surface area contributed by atoms with Gasteiger partial charge < -0.3 is 4.90 Å². The number of benzene rings is 11. The van der Waals surface area contributed by atoms with Crippen molar-refractivity contribution in [3.8, 4) is 55.6 Å². The number of nitrogens with zero attached hydrogens (tertiary/aromatic N) is 1. The molecule has 77 heavy (non-hydrogen) atoms. The predicted molar refractivity (Wildman–Crippen MR) is 327 cm³/mol. The third-order valence-electron chi connectivity index (χ3n) is 17.1. The molecular formula is C76H65N. The molecule has 0 heterocycles. The molecule has 0 amide bonds. The Bertz CT molecular complexity index is 3990. The quantitative estimate of drug-likeness (QED) is 0.147. The second kappa shape index (κ2) is 18.1. The maximum Gasteiger partial charge on any atom is 0.0714 e. The van der Waals surface area contributed by atoms with Gasteiger partial charge in [0.15, 0.2) is 0 Å². The molecule has 0 aromatic heterocycles. The van der Waals surface area contributed by atoms with Crippen molar-refractivity contribution in [1.82, 2.24) is 0 Å². The van der Waals surface area contributed by atoms with Crippen LogP contribution in [0.2, 0.25) is 0 Å². The summed E-state index contributed by atoms with van der Waals surface area (Å²) in [6.07, 6.45) is 0. The Morgan fingerprint density at radius 2 is 0.818 bits per heavy atom. The monoisotopic (exact) mass is 992 g/mol. The Kier molecular flexibility index (Phi) is 11.3. The summed E-state index contributed by atoms with van der Waals surface area (Å²) >= 11 is 0. The van der Waals surface area contributed by atoms with E-state index in [4.69, 9.17) is 0 Å². The van der Waals surface area contributed by atoms with Crippen LogP contribution in [0, 0.1) is 0 Å². The van der Waals surface area contributed by atoms with Gasteiger partial charge in [-0.15, -0.1) is 0 Å². The molecule has 11 aromatic rings. The van der Waals surface area contributed by atoms with Gasteiger partial charge in [-0.1, -0.05) is 274 Å². The summed E-state index contributed by atoms with van der Waals surface area (Å²) in [7, 11) is 0. The molecule has 2 aliphatic rings. The van der Waals surface area contributed by atoms with E-state index in [9.17, 15) is 0 Å². The molecule has 0 atom stereocenters. The largest absolute Gasteiger partial charge is 0.309 e. The second-order valence-electron chi connectivity index (χ2n) is 24.1. The van der Waals surface area contributed by atoms with Gasteiger partial charge in [0.2, 0.25) is 0 Å². The van der Waals surface area contributed by atoms with E-state index >= 15 is 0 Å². The van der Waals surface area contributed by atoms with Crippen LogP contribution in [0.1, 0.15) is 99.9 Å². The Labute approximate surface area is 456 Å². The predicted octanol–water partition coefficient (Wildman–Crippen LogP) is 20.6.